The molecule has 30 heavy (non-hydrogen) atoms. The number of nitrogens with zero attached hydrogens (tertiary/aromatic N) is 1. The van der Waals surface area contributed by atoms with E-state index in [9.17, 15) is 14.7 Å². The summed E-state index contributed by atoms with van der Waals surface area (Å²) >= 11 is 2.57. The molecule has 7 heteroatoms. The number of thiazole rings is 1. The zero-order chi connectivity index (χ0) is 22.0. The Kier molecular flexibility index (Phi) is 15.8. The van der Waals surface area contributed by atoms with Crippen molar-refractivity contribution in [3.05, 3.63) is 11.1 Å². The van der Waals surface area contributed by atoms with Crippen LogP contribution in [0.15, 0.2) is 9.72 Å². The lowest BCUT2D eigenvalue weighted by Crippen LogP contribution is -2.16. The summed E-state index contributed by atoms with van der Waals surface area (Å²) in [5.41, 5.74) is 0.496. The summed E-state index contributed by atoms with van der Waals surface area (Å²) in [5.74, 6) is -1.74. The van der Waals surface area contributed by atoms with Crippen molar-refractivity contribution in [1.82, 2.24) is 4.98 Å². The van der Waals surface area contributed by atoms with Gasteiger partial charge in [0.2, 0.25) is 0 Å². The first-order chi connectivity index (χ1) is 14.5. The molecule has 0 fully saturated rings. The van der Waals surface area contributed by atoms with E-state index in [1.165, 1.54) is 100 Å². The molecule has 1 aromatic rings. The molecule has 1 aromatic heterocycles. The van der Waals surface area contributed by atoms with Gasteiger partial charge in [-0.1, -0.05) is 109 Å². The number of aromatic nitrogens is 1. The van der Waals surface area contributed by atoms with Crippen molar-refractivity contribution in [1.29, 1.82) is 0 Å². The highest BCUT2D eigenvalue weighted by atomic mass is 32.2. The van der Waals surface area contributed by atoms with E-state index < -0.39 is 17.2 Å². The third-order valence-electron chi connectivity index (χ3n) is 5.20. The lowest BCUT2D eigenvalue weighted by molar-refractivity contribution is -0.137. The smallest absolute Gasteiger partial charge is 0.317 e. The molecule has 0 aliphatic carbocycles. The van der Waals surface area contributed by atoms with E-state index in [0.717, 1.165) is 12.8 Å². The molecule has 1 heterocycles. The molecule has 0 saturated heterocycles. The van der Waals surface area contributed by atoms with Gasteiger partial charge in [-0.05, 0) is 6.42 Å². The van der Waals surface area contributed by atoms with Crippen molar-refractivity contribution in [2.75, 3.05) is 0 Å². The summed E-state index contributed by atoms with van der Waals surface area (Å²) in [6.45, 7) is 2.26. The molecule has 0 radical (unpaired) electrons. The van der Waals surface area contributed by atoms with E-state index in [2.05, 4.69) is 11.9 Å². The summed E-state index contributed by atoms with van der Waals surface area (Å²) in [5, 5.41) is 19.4. The zero-order valence-corrected chi connectivity index (χ0v) is 20.1. The van der Waals surface area contributed by atoms with Crippen LogP contribution < -0.4 is 0 Å². The summed E-state index contributed by atoms with van der Waals surface area (Å²) in [4.78, 5) is 26.5. The molecule has 0 aliphatic rings. The van der Waals surface area contributed by atoms with Crippen LogP contribution in [0.1, 0.15) is 109 Å². The predicted molar refractivity (Wildman–Crippen MR) is 126 cm³/mol. The first-order valence-electron chi connectivity index (χ1n) is 11.6. The highest BCUT2D eigenvalue weighted by Crippen LogP contribution is 2.30. The van der Waals surface area contributed by atoms with E-state index in [-0.39, 0.29) is 6.42 Å². The number of unbranched alkanes of at least 4 members (excludes halogenated alkanes) is 13. The van der Waals surface area contributed by atoms with Crippen LogP contribution in [0, 0.1) is 0 Å². The Balaban J connectivity index is 2.03. The Bertz CT molecular complexity index is 592. The van der Waals surface area contributed by atoms with Gasteiger partial charge in [0.15, 0.2) is 4.34 Å². The number of carboxylic acid groups (broad SMARTS) is 2. The Hall–Kier alpha value is -1.08. The molecule has 5 nitrogen and oxygen atoms in total. The molecule has 1 unspecified atom stereocenters. The van der Waals surface area contributed by atoms with Gasteiger partial charge in [-0.3, -0.25) is 9.59 Å². The lowest BCUT2D eigenvalue weighted by Gasteiger charge is -2.10. The van der Waals surface area contributed by atoms with Gasteiger partial charge in [-0.25, -0.2) is 4.98 Å². The van der Waals surface area contributed by atoms with Crippen LogP contribution in [-0.2, 0) is 16.0 Å². The minimum absolute atomic E-state index is 0.117. The van der Waals surface area contributed by atoms with E-state index in [1.807, 2.05) is 0 Å². The van der Waals surface area contributed by atoms with E-state index in [0.29, 0.717) is 16.5 Å². The molecule has 1 rings (SSSR count). The number of hydrogen-bond donors (Lipinski definition) is 2. The number of aliphatic carboxylic acids is 2. The van der Waals surface area contributed by atoms with Crippen LogP contribution in [0.3, 0.4) is 0 Å². The fourth-order valence-electron chi connectivity index (χ4n) is 3.46. The molecular formula is C23H39NO4S2. The molecule has 1 atom stereocenters. The second-order valence-electron chi connectivity index (χ2n) is 8.00. The lowest BCUT2D eigenvalue weighted by atomic mass is 10.0. The Morgan fingerprint density at radius 3 is 1.87 bits per heavy atom. The SMILES string of the molecule is CCCCCCCCCCCCCCCCC(Sc1nc(CC(=O)O)cs1)C(=O)O. The maximum absolute atomic E-state index is 11.5. The maximum atomic E-state index is 11.5. The second kappa shape index (κ2) is 17.6. The topological polar surface area (TPSA) is 87.5 Å². The largest absolute Gasteiger partial charge is 0.481 e. The van der Waals surface area contributed by atoms with Gasteiger partial charge < -0.3 is 10.2 Å². The number of carbonyl (C=O) groups is 2. The van der Waals surface area contributed by atoms with Crippen molar-refractivity contribution in [2.45, 2.75) is 119 Å². The van der Waals surface area contributed by atoms with Gasteiger partial charge in [-0.15, -0.1) is 11.3 Å². The van der Waals surface area contributed by atoms with Gasteiger partial charge in [-0.2, -0.15) is 0 Å². The molecule has 0 saturated carbocycles. The number of thioether (sulfide) groups is 1. The number of carboxylic acids is 2. The van der Waals surface area contributed by atoms with Crippen molar-refractivity contribution in [3.8, 4) is 0 Å². The van der Waals surface area contributed by atoms with Crippen LogP contribution >= 0.6 is 23.1 Å². The molecule has 0 bridgehead atoms. The highest BCUT2D eigenvalue weighted by Gasteiger charge is 2.20. The highest BCUT2D eigenvalue weighted by molar-refractivity contribution is 8.02. The van der Waals surface area contributed by atoms with Crippen LogP contribution in [0.2, 0.25) is 0 Å². The molecule has 0 amide bonds. The fourth-order valence-corrected chi connectivity index (χ4v) is 5.51. The minimum Gasteiger partial charge on any atom is -0.481 e. The number of rotatable bonds is 20. The first kappa shape index (κ1) is 27.0. The third-order valence-corrected chi connectivity index (χ3v) is 7.48. The van der Waals surface area contributed by atoms with Gasteiger partial charge >= 0.3 is 11.9 Å². The zero-order valence-electron chi connectivity index (χ0n) is 18.4. The van der Waals surface area contributed by atoms with E-state index in [4.69, 9.17) is 5.11 Å². The Labute approximate surface area is 190 Å². The van der Waals surface area contributed by atoms with Gasteiger partial charge in [0, 0.05) is 5.38 Å². The van der Waals surface area contributed by atoms with Gasteiger partial charge in [0.25, 0.3) is 0 Å². The van der Waals surface area contributed by atoms with Gasteiger partial charge in [0.1, 0.15) is 5.25 Å². The molecule has 0 aliphatic heterocycles. The predicted octanol–water partition coefficient (Wildman–Crippen LogP) is 7.19. The Morgan fingerprint density at radius 1 is 0.900 bits per heavy atom. The molecule has 0 aromatic carbocycles. The maximum Gasteiger partial charge on any atom is 0.317 e. The molecule has 0 spiro atoms. The average molecular weight is 458 g/mol. The van der Waals surface area contributed by atoms with Crippen molar-refractivity contribution < 1.29 is 19.8 Å². The standard InChI is InChI=1S/C23H39NO4S2/c1-2-3-4-5-6-7-8-9-10-11-12-13-14-15-16-20(22(27)28)30-23-24-19(18-29-23)17-21(25)26/h18,20H,2-17H2,1H3,(H,25,26)(H,27,28). The second-order valence-corrected chi connectivity index (χ2v) is 10.3. The summed E-state index contributed by atoms with van der Waals surface area (Å²) < 4.78 is 0.643. The minimum atomic E-state index is -0.922. The molecular weight excluding hydrogens is 418 g/mol. The first-order valence-corrected chi connectivity index (χ1v) is 13.3. The van der Waals surface area contributed by atoms with Crippen molar-refractivity contribution in [3.63, 3.8) is 0 Å². The van der Waals surface area contributed by atoms with Crippen molar-refractivity contribution >= 4 is 35.0 Å². The third kappa shape index (κ3) is 14.0. The van der Waals surface area contributed by atoms with Crippen molar-refractivity contribution in [2.24, 2.45) is 0 Å². The summed E-state index contributed by atoms with van der Waals surface area (Å²) in [7, 11) is 0. The van der Waals surface area contributed by atoms with Gasteiger partial charge in [0.05, 0.1) is 12.1 Å². The molecule has 172 valence electrons. The molecule has 2 N–H and O–H groups in total. The van der Waals surface area contributed by atoms with E-state index in [1.54, 1.807) is 5.38 Å². The average Bonchev–Trinajstić information content (AvgIpc) is 3.13. The summed E-state index contributed by atoms with van der Waals surface area (Å²) in [6, 6.07) is 0. The van der Waals surface area contributed by atoms with Crippen LogP contribution in [-0.4, -0.2) is 32.4 Å². The van der Waals surface area contributed by atoms with Crippen LogP contribution in [0.25, 0.3) is 0 Å². The Morgan fingerprint density at radius 2 is 1.40 bits per heavy atom. The van der Waals surface area contributed by atoms with Crippen LogP contribution in [0.4, 0.5) is 0 Å². The van der Waals surface area contributed by atoms with E-state index >= 15 is 0 Å². The quantitative estimate of drug-likeness (QED) is 0.159. The monoisotopic (exact) mass is 457 g/mol. The number of hydrogen-bond acceptors (Lipinski definition) is 5. The summed E-state index contributed by atoms with van der Waals surface area (Å²) in [6.07, 6.45) is 18.5. The normalized spacial score (nSPS) is 12.2. The fraction of sp³-hybridized carbons (Fsp3) is 0.783. The van der Waals surface area contributed by atoms with Crippen LogP contribution in [0.5, 0.6) is 0 Å².